The Kier molecular flexibility index (Phi) is 5.61. The third-order valence-electron chi connectivity index (χ3n) is 3.67. The van der Waals surface area contributed by atoms with E-state index in [1.807, 2.05) is 18.2 Å². The summed E-state index contributed by atoms with van der Waals surface area (Å²) in [5.74, 6) is -0.425. The molecule has 130 valence electrons. The van der Waals surface area contributed by atoms with Crippen LogP contribution in [0.1, 0.15) is 26.3 Å². The molecule has 0 unspecified atom stereocenters. The van der Waals surface area contributed by atoms with Crippen molar-refractivity contribution in [2.75, 3.05) is 5.32 Å². The Morgan fingerprint density at radius 3 is 2.42 bits per heavy atom. The third kappa shape index (κ3) is 4.68. The first-order valence-corrected chi connectivity index (χ1v) is 8.34. The second-order valence-electron chi connectivity index (χ2n) is 5.58. The van der Waals surface area contributed by atoms with Gasteiger partial charge < -0.3 is 10.6 Å². The van der Waals surface area contributed by atoms with Crippen LogP contribution < -0.4 is 10.6 Å². The van der Waals surface area contributed by atoms with E-state index in [1.54, 1.807) is 54.9 Å². The lowest BCUT2D eigenvalue weighted by Gasteiger charge is -2.09. The minimum absolute atomic E-state index is 0.210. The molecule has 0 saturated heterocycles. The number of hydrogen-bond donors (Lipinski definition) is 2. The van der Waals surface area contributed by atoms with E-state index in [-0.39, 0.29) is 11.8 Å². The van der Waals surface area contributed by atoms with Crippen molar-refractivity contribution in [1.82, 2.24) is 10.3 Å². The first-order valence-electron chi connectivity index (χ1n) is 7.96. The fourth-order valence-corrected chi connectivity index (χ4v) is 2.57. The molecule has 0 bridgehead atoms. The van der Waals surface area contributed by atoms with E-state index in [9.17, 15) is 9.59 Å². The number of nitrogens with one attached hydrogen (secondary N) is 2. The molecule has 2 amide bonds. The van der Waals surface area contributed by atoms with E-state index in [2.05, 4.69) is 15.6 Å². The Morgan fingerprint density at radius 2 is 1.65 bits per heavy atom. The van der Waals surface area contributed by atoms with Gasteiger partial charge in [0.15, 0.2) is 0 Å². The standard InChI is InChI=1S/C20H16ClN3O2/c21-17-5-2-4-16(12-17)19(25)23-13-14-3-1-6-18(11-14)24-20(26)15-7-9-22-10-8-15/h1-12H,13H2,(H,23,25)(H,24,26). The van der Waals surface area contributed by atoms with Crippen molar-refractivity contribution in [3.8, 4) is 0 Å². The third-order valence-corrected chi connectivity index (χ3v) is 3.90. The van der Waals surface area contributed by atoms with Crippen molar-refractivity contribution < 1.29 is 9.59 Å². The molecular weight excluding hydrogens is 350 g/mol. The molecule has 0 spiro atoms. The Bertz CT molecular complexity index is 929. The minimum Gasteiger partial charge on any atom is -0.348 e. The molecule has 0 atom stereocenters. The molecule has 1 aromatic heterocycles. The number of nitrogens with zero attached hydrogens (tertiary/aromatic N) is 1. The summed E-state index contributed by atoms with van der Waals surface area (Å²) in [7, 11) is 0. The van der Waals surface area contributed by atoms with Crippen LogP contribution >= 0.6 is 11.6 Å². The number of anilines is 1. The number of rotatable bonds is 5. The molecule has 1 heterocycles. The zero-order valence-electron chi connectivity index (χ0n) is 13.8. The number of halogens is 1. The van der Waals surface area contributed by atoms with E-state index in [1.165, 1.54) is 0 Å². The number of benzene rings is 2. The summed E-state index contributed by atoms with van der Waals surface area (Å²) < 4.78 is 0. The average Bonchev–Trinajstić information content (AvgIpc) is 2.67. The van der Waals surface area contributed by atoms with Gasteiger partial charge in [-0.1, -0.05) is 29.8 Å². The molecule has 3 aromatic rings. The number of aromatic nitrogens is 1. The molecule has 6 heteroatoms. The lowest BCUT2D eigenvalue weighted by Crippen LogP contribution is -2.22. The molecular formula is C20H16ClN3O2. The van der Waals surface area contributed by atoms with Gasteiger partial charge in [-0.15, -0.1) is 0 Å². The van der Waals surface area contributed by atoms with Gasteiger partial charge in [0, 0.05) is 40.8 Å². The van der Waals surface area contributed by atoms with Gasteiger partial charge in [0.1, 0.15) is 0 Å². The lowest BCUT2D eigenvalue weighted by atomic mass is 10.1. The minimum atomic E-state index is -0.215. The lowest BCUT2D eigenvalue weighted by molar-refractivity contribution is 0.0950. The van der Waals surface area contributed by atoms with Gasteiger partial charge in [0.05, 0.1) is 0 Å². The highest BCUT2D eigenvalue weighted by Gasteiger charge is 2.08. The molecule has 0 fully saturated rings. The quantitative estimate of drug-likeness (QED) is 0.720. The van der Waals surface area contributed by atoms with Crippen molar-refractivity contribution in [2.24, 2.45) is 0 Å². The van der Waals surface area contributed by atoms with Crippen LogP contribution in [0.25, 0.3) is 0 Å². The Hall–Kier alpha value is -3.18. The Labute approximate surface area is 156 Å². The predicted octanol–water partition coefficient (Wildman–Crippen LogP) is 3.92. The number of carbonyl (C=O) groups is 2. The van der Waals surface area contributed by atoms with Crippen LogP contribution in [0.3, 0.4) is 0 Å². The SMILES string of the molecule is O=C(NCc1cccc(NC(=O)c2ccncc2)c1)c1cccc(Cl)c1. The molecule has 0 saturated carbocycles. The maximum atomic E-state index is 12.2. The van der Waals surface area contributed by atoms with Gasteiger partial charge >= 0.3 is 0 Å². The van der Waals surface area contributed by atoms with Crippen LogP contribution in [0.15, 0.2) is 73.1 Å². The van der Waals surface area contributed by atoms with Crippen LogP contribution in [0, 0.1) is 0 Å². The maximum absolute atomic E-state index is 12.2. The van der Waals surface area contributed by atoms with E-state index >= 15 is 0 Å². The van der Waals surface area contributed by atoms with Crippen LogP contribution in [0.2, 0.25) is 5.02 Å². The number of pyridine rings is 1. The van der Waals surface area contributed by atoms with Crippen LogP contribution in [-0.2, 0) is 6.54 Å². The molecule has 2 N–H and O–H groups in total. The normalized spacial score (nSPS) is 10.2. The highest BCUT2D eigenvalue weighted by molar-refractivity contribution is 6.30. The first kappa shape index (κ1) is 17.6. The fraction of sp³-hybridized carbons (Fsp3) is 0.0500. The van der Waals surface area contributed by atoms with E-state index in [0.717, 1.165) is 5.56 Å². The van der Waals surface area contributed by atoms with Gasteiger partial charge in [-0.05, 0) is 48.0 Å². The largest absolute Gasteiger partial charge is 0.348 e. The summed E-state index contributed by atoms with van der Waals surface area (Å²) in [6.07, 6.45) is 3.13. The number of hydrogen-bond acceptors (Lipinski definition) is 3. The summed E-state index contributed by atoms with van der Waals surface area (Å²) in [6.45, 7) is 0.338. The Morgan fingerprint density at radius 1 is 0.885 bits per heavy atom. The van der Waals surface area contributed by atoms with Crippen molar-refractivity contribution in [2.45, 2.75) is 6.54 Å². The first-order chi connectivity index (χ1) is 12.6. The van der Waals surface area contributed by atoms with Gasteiger partial charge in [0.25, 0.3) is 11.8 Å². The van der Waals surface area contributed by atoms with E-state index in [4.69, 9.17) is 11.6 Å². The zero-order chi connectivity index (χ0) is 18.4. The monoisotopic (exact) mass is 365 g/mol. The summed E-state index contributed by atoms with van der Waals surface area (Å²) in [6, 6.07) is 17.4. The van der Waals surface area contributed by atoms with Gasteiger partial charge in [0.2, 0.25) is 0 Å². The van der Waals surface area contributed by atoms with Crippen molar-refractivity contribution in [1.29, 1.82) is 0 Å². The highest BCUT2D eigenvalue weighted by Crippen LogP contribution is 2.13. The topological polar surface area (TPSA) is 71.1 Å². The number of amides is 2. The fourth-order valence-electron chi connectivity index (χ4n) is 2.38. The molecule has 0 aliphatic rings. The average molecular weight is 366 g/mol. The molecule has 5 nitrogen and oxygen atoms in total. The van der Waals surface area contributed by atoms with Crippen LogP contribution in [-0.4, -0.2) is 16.8 Å². The predicted molar refractivity (Wildman–Crippen MR) is 101 cm³/mol. The van der Waals surface area contributed by atoms with Crippen molar-refractivity contribution in [3.05, 3.63) is 94.8 Å². The number of carbonyl (C=O) groups excluding carboxylic acids is 2. The van der Waals surface area contributed by atoms with E-state index < -0.39 is 0 Å². The summed E-state index contributed by atoms with van der Waals surface area (Å²) in [5, 5.41) is 6.18. The van der Waals surface area contributed by atoms with Crippen LogP contribution in [0.4, 0.5) is 5.69 Å². The second-order valence-corrected chi connectivity index (χ2v) is 6.02. The molecule has 0 radical (unpaired) electrons. The molecule has 0 aliphatic heterocycles. The van der Waals surface area contributed by atoms with Gasteiger partial charge in [-0.3, -0.25) is 14.6 Å². The molecule has 2 aromatic carbocycles. The smallest absolute Gasteiger partial charge is 0.255 e. The van der Waals surface area contributed by atoms with Crippen molar-refractivity contribution in [3.63, 3.8) is 0 Å². The Balaban J connectivity index is 1.62. The molecule has 0 aliphatic carbocycles. The van der Waals surface area contributed by atoms with Crippen LogP contribution in [0.5, 0.6) is 0 Å². The maximum Gasteiger partial charge on any atom is 0.255 e. The molecule has 26 heavy (non-hydrogen) atoms. The second kappa shape index (κ2) is 8.27. The van der Waals surface area contributed by atoms with Crippen molar-refractivity contribution >= 4 is 29.1 Å². The summed E-state index contributed by atoms with van der Waals surface area (Å²) in [5.41, 5.74) is 2.55. The summed E-state index contributed by atoms with van der Waals surface area (Å²) >= 11 is 5.90. The molecule has 3 rings (SSSR count). The van der Waals surface area contributed by atoms with Gasteiger partial charge in [-0.25, -0.2) is 0 Å². The summed E-state index contributed by atoms with van der Waals surface area (Å²) in [4.78, 5) is 28.3. The highest BCUT2D eigenvalue weighted by atomic mass is 35.5. The van der Waals surface area contributed by atoms with Gasteiger partial charge in [-0.2, -0.15) is 0 Å². The van der Waals surface area contributed by atoms with E-state index in [0.29, 0.717) is 28.4 Å². The zero-order valence-corrected chi connectivity index (χ0v) is 14.5.